The highest BCUT2D eigenvalue weighted by atomic mass is 19.4. The highest BCUT2D eigenvalue weighted by Crippen LogP contribution is 2.33. The normalized spacial score (nSPS) is 15.0. The Labute approximate surface area is 199 Å². The number of rotatable bonds is 5. The van der Waals surface area contributed by atoms with Crippen molar-refractivity contribution >= 4 is 17.4 Å². The second-order valence-corrected chi connectivity index (χ2v) is 8.46. The lowest BCUT2D eigenvalue weighted by Gasteiger charge is -2.35. The molecule has 2 N–H and O–H groups in total. The average Bonchev–Trinajstić information content (AvgIpc) is 3.25. The van der Waals surface area contributed by atoms with Crippen molar-refractivity contribution in [2.24, 2.45) is 5.73 Å². The molecule has 0 saturated carbocycles. The van der Waals surface area contributed by atoms with Crippen LogP contribution in [-0.2, 0) is 12.7 Å². The first kappa shape index (κ1) is 22.9. The molecule has 4 aromatic rings. The van der Waals surface area contributed by atoms with Gasteiger partial charge in [-0.15, -0.1) is 5.10 Å². The number of nitrogens with two attached hydrogens (primary N) is 1. The first-order valence-electron chi connectivity index (χ1n) is 11.2. The molecule has 180 valence electrons. The van der Waals surface area contributed by atoms with Crippen LogP contribution in [0.25, 0.3) is 16.9 Å². The third-order valence-corrected chi connectivity index (χ3v) is 6.15. The number of carbonyl (C=O) groups is 1. The predicted molar refractivity (Wildman–Crippen MR) is 126 cm³/mol. The smallest absolute Gasteiger partial charge is 0.365 e. The van der Waals surface area contributed by atoms with Crippen molar-refractivity contribution in [2.45, 2.75) is 12.7 Å². The minimum Gasteiger partial charge on any atom is -0.365 e. The fraction of sp³-hybridized carbons (Fsp3) is 0.240. The monoisotopic (exact) mass is 480 g/mol. The van der Waals surface area contributed by atoms with Crippen molar-refractivity contribution in [1.82, 2.24) is 19.5 Å². The summed E-state index contributed by atoms with van der Waals surface area (Å²) in [7, 11) is 0. The van der Waals surface area contributed by atoms with E-state index in [1.54, 1.807) is 12.1 Å². The van der Waals surface area contributed by atoms with Crippen LogP contribution in [0.3, 0.4) is 0 Å². The van der Waals surface area contributed by atoms with Gasteiger partial charge in [-0.05, 0) is 23.8 Å². The second-order valence-electron chi connectivity index (χ2n) is 8.46. The number of anilines is 1. The minimum atomic E-state index is -4.48. The molecule has 0 atom stereocenters. The van der Waals surface area contributed by atoms with Crippen molar-refractivity contribution in [2.75, 3.05) is 31.1 Å². The molecule has 1 saturated heterocycles. The van der Waals surface area contributed by atoms with Gasteiger partial charge in [0, 0.05) is 44.5 Å². The van der Waals surface area contributed by atoms with Crippen LogP contribution in [-0.4, -0.2) is 51.6 Å². The zero-order valence-electron chi connectivity index (χ0n) is 18.7. The van der Waals surface area contributed by atoms with Gasteiger partial charge in [0.2, 0.25) is 0 Å². The molecule has 35 heavy (non-hydrogen) atoms. The topological polar surface area (TPSA) is 79.8 Å². The summed E-state index contributed by atoms with van der Waals surface area (Å²) >= 11 is 0. The summed E-state index contributed by atoms with van der Waals surface area (Å²) in [5.41, 5.74) is 7.25. The molecule has 1 fully saturated rings. The molecule has 1 aliphatic heterocycles. The molecule has 10 heteroatoms. The van der Waals surface area contributed by atoms with Gasteiger partial charge in [0.1, 0.15) is 5.56 Å². The van der Waals surface area contributed by atoms with E-state index in [2.05, 4.69) is 27.1 Å². The Bertz CT molecular complexity index is 1360. The Morgan fingerprint density at radius 3 is 2.40 bits per heavy atom. The number of piperazine rings is 1. The summed E-state index contributed by atoms with van der Waals surface area (Å²) in [6, 6.07) is 16.7. The van der Waals surface area contributed by atoms with Crippen molar-refractivity contribution in [3.05, 3.63) is 83.6 Å². The molecule has 0 radical (unpaired) electrons. The van der Waals surface area contributed by atoms with Crippen LogP contribution in [0.4, 0.5) is 19.0 Å². The van der Waals surface area contributed by atoms with Crippen LogP contribution in [0.1, 0.15) is 21.5 Å². The zero-order chi connectivity index (χ0) is 24.6. The maximum absolute atomic E-state index is 13.3. The molecule has 1 aliphatic rings. The fourth-order valence-electron chi connectivity index (χ4n) is 4.41. The van der Waals surface area contributed by atoms with Gasteiger partial charge in [-0.25, -0.2) is 9.50 Å². The van der Waals surface area contributed by atoms with E-state index in [4.69, 9.17) is 5.73 Å². The molecule has 1 amide bonds. The molecule has 0 bridgehead atoms. The Morgan fingerprint density at radius 2 is 1.71 bits per heavy atom. The number of aromatic nitrogens is 3. The highest BCUT2D eigenvalue weighted by molar-refractivity contribution is 6.04. The third kappa shape index (κ3) is 4.57. The minimum absolute atomic E-state index is 0.162. The van der Waals surface area contributed by atoms with E-state index in [1.807, 2.05) is 23.1 Å². The maximum atomic E-state index is 13.3. The molecule has 5 rings (SSSR count). The van der Waals surface area contributed by atoms with E-state index in [0.29, 0.717) is 30.2 Å². The number of benzene rings is 2. The van der Waals surface area contributed by atoms with E-state index in [-0.39, 0.29) is 11.2 Å². The van der Waals surface area contributed by atoms with Crippen LogP contribution in [0.2, 0.25) is 0 Å². The van der Waals surface area contributed by atoms with Gasteiger partial charge in [-0.1, -0.05) is 42.5 Å². The Kier molecular flexibility index (Phi) is 5.89. The lowest BCUT2D eigenvalue weighted by molar-refractivity contribution is -0.137. The maximum Gasteiger partial charge on any atom is 0.416 e. The van der Waals surface area contributed by atoms with Gasteiger partial charge < -0.3 is 10.6 Å². The molecular formula is C25H23F3N6O. The van der Waals surface area contributed by atoms with Gasteiger partial charge in [0.15, 0.2) is 11.5 Å². The highest BCUT2D eigenvalue weighted by Gasteiger charge is 2.31. The summed E-state index contributed by atoms with van der Waals surface area (Å²) in [4.78, 5) is 21.0. The van der Waals surface area contributed by atoms with Gasteiger partial charge in [0.25, 0.3) is 5.91 Å². The first-order chi connectivity index (χ1) is 16.8. The fourth-order valence-corrected chi connectivity index (χ4v) is 4.41. The molecule has 3 heterocycles. The summed E-state index contributed by atoms with van der Waals surface area (Å²) in [6.45, 7) is 3.58. The second kappa shape index (κ2) is 9.03. The van der Waals surface area contributed by atoms with Gasteiger partial charge in [0.05, 0.1) is 11.3 Å². The van der Waals surface area contributed by atoms with Crippen LogP contribution in [0, 0.1) is 0 Å². The summed E-state index contributed by atoms with van der Waals surface area (Å²) < 4.78 is 41.2. The van der Waals surface area contributed by atoms with Crippen LogP contribution >= 0.6 is 0 Å². The van der Waals surface area contributed by atoms with E-state index >= 15 is 0 Å². The summed E-state index contributed by atoms with van der Waals surface area (Å²) in [6.07, 6.45) is -3.03. The number of halogens is 3. The Morgan fingerprint density at radius 1 is 0.971 bits per heavy atom. The van der Waals surface area contributed by atoms with Gasteiger partial charge >= 0.3 is 6.18 Å². The molecule has 2 aromatic carbocycles. The van der Waals surface area contributed by atoms with E-state index in [9.17, 15) is 18.0 Å². The SMILES string of the molecule is NC(=O)c1c(N2CCN(Cc3ccccc3)CC2)nn2c(-c3cccc(C(F)(F)F)c3)ccnc12. The van der Waals surface area contributed by atoms with Gasteiger partial charge in [-0.3, -0.25) is 9.69 Å². The standard InChI is InChI=1S/C25H23F3N6O/c26-25(27,28)19-8-4-7-18(15-19)20-9-10-30-23-21(22(29)35)24(31-34(20)23)33-13-11-32(12-14-33)16-17-5-2-1-3-6-17/h1-10,15H,11-14,16H2,(H2,29,35). The molecular weight excluding hydrogens is 457 g/mol. The van der Waals surface area contributed by atoms with Crippen molar-refractivity contribution in [3.63, 3.8) is 0 Å². The molecule has 0 spiro atoms. The van der Waals surface area contributed by atoms with Crippen molar-refractivity contribution in [3.8, 4) is 11.3 Å². The number of fused-ring (bicyclic) bond motifs is 1. The molecule has 0 unspecified atom stereocenters. The number of amides is 1. The van der Waals surface area contributed by atoms with Crippen LogP contribution < -0.4 is 10.6 Å². The van der Waals surface area contributed by atoms with Crippen molar-refractivity contribution in [1.29, 1.82) is 0 Å². The Balaban J connectivity index is 1.47. The largest absolute Gasteiger partial charge is 0.416 e. The number of hydrogen-bond donors (Lipinski definition) is 1. The third-order valence-electron chi connectivity index (χ3n) is 6.15. The number of hydrogen-bond acceptors (Lipinski definition) is 5. The quantitative estimate of drug-likeness (QED) is 0.470. The number of nitrogens with zero attached hydrogens (tertiary/aromatic N) is 5. The van der Waals surface area contributed by atoms with Crippen molar-refractivity contribution < 1.29 is 18.0 Å². The molecule has 0 aliphatic carbocycles. The number of carbonyl (C=O) groups excluding carboxylic acids is 1. The van der Waals surface area contributed by atoms with Gasteiger partial charge in [-0.2, -0.15) is 13.2 Å². The van der Waals surface area contributed by atoms with E-state index < -0.39 is 17.6 Å². The lowest BCUT2D eigenvalue weighted by Crippen LogP contribution is -2.46. The predicted octanol–water partition coefficient (Wildman–Crippen LogP) is 3.84. The van der Waals surface area contributed by atoms with Crippen LogP contribution in [0.15, 0.2) is 66.9 Å². The molecule has 2 aromatic heterocycles. The van der Waals surface area contributed by atoms with Crippen LogP contribution in [0.5, 0.6) is 0 Å². The first-order valence-corrected chi connectivity index (χ1v) is 11.2. The molecule has 7 nitrogen and oxygen atoms in total. The number of primary amides is 1. The lowest BCUT2D eigenvalue weighted by atomic mass is 10.1. The summed E-state index contributed by atoms with van der Waals surface area (Å²) in [5.74, 6) is -0.292. The average molecular weight is 480 g/mol. The summed E-state index contributed by atoms with van der Waals surface area (Å²) in [5, 5.41) is 4.61. The van der Waals surface area contributed by atoms with E-state index in [1.165, 1.54) is 22.3 Å². The van der Waals surface area contributed by atoms with E-state index in [0.717, 1.165) is 31.8 Å². The zero-order valence-corrected chi connectivity index (χ0v) is 18.7. The Hall–Kier alpha value is -3.92. The number of alkyl halides is 3.